The molecule has 0 atom stereocenters. The Morgan fingerprint density at radius 2 is 2.27 bits per heavy atom. The zero-order chi connectivity index (χ0) is 8.53. The highest BCUT2D eigenvalue weighted by molar-refractivity contribution is 6.27. The standard InChI is InChI=1S/C4H10OSi.C3H4O2/c1-2-4-6-5-3-1;1-2-3(4)5/h1-4,6H2;2H,1H2,(H,4,5). The minimum absolute atomic E-state index is 0.00849. The molecule has 0 aromatic heterocycles. The fourth-order valence-electron chi connectivity index (χ4n) is 0.687. The highest BCUT2D eigenvalue weighted by Crippen LogP contribution is 2.01. The first-order valence-electron chi connectivity index (χ1n) is 3.70. The van der Waals surface area contributed by atoms with E-state index in [0.717, 1.165) is 12.7 Å². The van der Waals surface area contributed by atoms with Gasteiger partial charge in [0.1, 0.15) is 0 Å². The first kappa shape index (κ1) is 10.4. The van der Waals surface area contributed by atoms with E-state index in [1.165, 1.54) is 18.9 Å². The third-order valence-corrected chi connectivity index (χ3v) is 2.62. The molecule has 1 fully saturated rings. The molecule has 0 aromatic rings. The Morgan fingerprint density at radius 3 is 2.36 bits per heavy atom. The van der Waals surface area contributed by atoms with Gasteiger partial charge in [-0.1, -0.05) is 13.0 Å². The third-order valence-electron chi connectivity index (χ3n) is 1.25. The van der Waals surface area contributed by atoms with Crippen molar-refractivity contribution in [2.75, 3.05) is 6.61 Å². The van der Waals surface area contributed by atoms with Gasteiger partial charge in [-0.3, -0.25) is 0 Å². The first-order valence-corrected chi connectivity index (χ1v) is 5.28. The Kier molecular flexibility index (Phi) is 7.08. The molecule has 11 heavy (non-hydrogen) atoms. The Hall–Kier alpha value is -0.613. The summed E-state index contributed by atoms with van der Waals surface area (Å²) in [5.74, 6) is -0.981. The lowest BCUT2D eigenvalue weighted by molar-refractivity contribution is -0.131. The van der Waals surface area contributed by atoms with Crippen molar-refractivity contribution in [3.63, 3.8) is 0 Å². The third kappa shape index (κ3) is 9.39. The molecule has 1 aliphatic rings. The summed E-state index contributed by atoms with van der Waals surface area (Å²) < 4.78 is 5.21. The molecule has 0 aromatic carbocycles. The minimum Gasteiger partial charge on any atom is -0.478 e. The van der Waals surface area contributed by atoms with Gasteiger partial charge in [0, 0.05) is 12.7 Å². The molecular weight excluding hydrogens is 160 g/mol. The number of carboxylic acids is 1. The summed E-state index contributed by atoms with van der Waals surface area (Å²) in [4.78, 5) is 9.25. The quantitative estimate of drug-likeness (QED) is 0.466. The van der Waals surface area contributed by atoms with Crippen LogP contribution in [0.1, 0.15) is 12.8 Å². The van der Waals surface area contributed by atoms with Crippen molar-refractivity contribution in [3.8, 4) is 0 Å². The molecule has 0 bridgehead atoms. The van der Waals surface area contributed by atoms with Crippen LogP contribution in [0.2, 0.25) is 6.04 Å². The van der Waals surface area contributed by atoms with Crippen molar-refractivity contribution in [2.24, 2.45) is 0 Å². The van der Waals surface area contributed by atoms with Gasteiger partial charge < -0.3 is 9.53 Å². The zero-order valence-corrected chi connectivity index (χ0v) is 8.00. The summed E-state index contributed by atoms with van der Waals surface area (Å²) in [6.07, 6.45) is 3.58. The van der Waals surface area contributed by atoms with Crippen molar-refractivity contribution < 1.29 is 14.3 Å². The van der Waals surface area contributed by atoms with E-state index in [2.05, 4.69) is 6.58 Å². The Labute approximate surface area is 69.0 Å². The number of hydrogen-bond donors (Lipinski definition) is 1. The van der Waals surface area contributed by atoms with E-state index in [-0.39, 0.29) is 9.76 Å². The summed E-state index contributed by atoms with van der Waals surface area (Å²) in [6.45, 7) is 4.02. The lowest BCUT2D eigenvalue weighted by Gasteiger charge is -2.07. The topological polar surface area (TPSA) is 46.5 Å². The maximum Gasteiger partial charge on any atom is 0.327 e. The molecule has 0 spiro atoms. The van der Waals surface area contributed by atoms with Crippen LogP contribution in [0.15, 0.2) is 12.7 Å². The van der Waals surface area contributed by atoms with Gasteiger partial charge in [-0.25, -0.2) is 4.79 Å². The van der Waals surface area contributed by atoms with Crippen LogP contribution in [0.4, 0.5) is 0 Å². The normalized spacial score (nSPS) is 18.2. The highest BCUT2D eigenvalue weighted by atomic mass is 28.2. The van der Waals surface area contributed by atoms with Crippen LogP contribution in [0.25, 0.3) is 0 Å². The van der Waals surface area contributed by atoms with Crippen molar-refractivity contribution >= 4 is 15.7 Å². The van der Waals surface area contributed by atoms with Gasteiger partial charge in [0.2, 0.25) is 0 Å². The first-order chi connectivity index (χ1) is 5.27. The minimum atomic E-state index is -0.981. The SMILES string of the molecule is C1CC[SiH2]OC1.C=CC(=O)O. The van der Waals surface area contributed by atoms with Gasteiger partial charge >= 0.3 is 5.97 Å². The van der Waals surface area contributed by atoms with Crippen LogP contribution in [-0.4, -0.2) is 27.4 Å². The number of rotatable bonds is 1. The maximum atomic E-state index is 9.25. The Balaban J connectivity index is 0.000000187. The average molecular weight is 174 g/mol. The number of aliphatic carboxylic acids is 1. The van der Waals surface area contributed by atoms with E-state index in [4.69, 9.17) is 9.53 Å². The van der Waals surface area contributed by atoms with Gasteiger partial charge in [-0.15, -0.1) is 0 Å². The molecule has 0 radical (unpaired) electrons. The number of carboxylic acid groups (broad SMARTS) is 1. The fraction of sp³-hybridized carbons (Fsp3) is 0.571. The molecule has 3 nitrogen and oxygen atoms in total. The maximum absolute atomic E-state index is 9.25. The van der Waals surface area contributed by atoms with Crippen LogP contribution in [0.5, 0.6) is 0 Å². The second-order valence-corrected chi connectivity index (χ2v) is 3.74. The summed E-state index contributed by atoms with van der Waals surface area (Å²) in [7, 11) is 0.00849. The van der Waals surface area contributed by atoms with Gasteiger partial charge in [0.05, 0.1) is 0 Å². The van der Waals surface area contributed by atoms with Gasteiger partial charge in [0.25, 0.3) is 0 Å². The van der Waals surface area contributed by atoms with E-state index < -0.39 is 5.97 Å². The lowest BCUT2D eigenvalue weighted by Crippen LogP contribution is -2.06. The van der Waals surface area contributed by atoms with Gasteiger partial charge in [-0.05, 0) is 12.5 Å². The van der Waals surface area contributed by atoms with Crippen LogP contribution in [0.3, 0.4) is 0 Å². The van der Waals surface area contributed by atoms with Crippen molar-refractivity contribution in [3.05, 3.63) is 12.7 Å². The van der Waals surface area contributed by atoms with Crippen LogP contribution in [-0.2, 0) is 9.22 Å². The van der Waals surface area contributed by atoms with Crippen molar-refractivity contribution in [1.29, 1.82) is 0 Å². The van der Waals surface area contributed by atoms with Crippen LogP contribution >= 0.6 is 0 Å². The molecule has 64 valence electrons. The molecule has 0 saturated carbocycles. The lowest BCUT2D eigenvalue weighted by atomic mass is 10.4. The van der Waals surface area contributed by atoms with Crippen LogP contribution in [0, 0.1) is 0 Å². The summed E-state index contributed by atoms with van der Waals surface area (Å²) in [5.41, 5.74) is 0. The van der Waals surface area contributed by atoms with Gasteiger partial charge in [0.15, 0.2) is 9.76 Å². The Morgan fingerprint density at radius 1 is 1.64 bits per heavy atom. The largest absolute Gasteiger partial charge is 0.478 e. The molecule has 0 unspecified atom stereocenters. The van der Waals surface area contributed by atoms with Crippen LogP contribution < -0.4 is 0 Å². The summed E-state index contributed by atoms with van der Waals surface area (Å²) >= 11 is 0. The molecule has 1 N–H and O–H groups in total. The smallest absolute Gasteiger partial charge is 0.327 e. The Bertz CT molecular complexity index is 109. The molecule has 1 saturated heterocycles. The molecule has 4 heteroatoms. The van der Waals surface area contributed by atoms with E-state index in [1.54, 1.807) is 0 Å². The predicted octanol–water partition coefficient (Wildman–Crippen LogP) is 0.556. The second-order valence-electron chi connectivity index (χ2n) is 2.22. The average Bonchev–Trinajstić information content (AvgIpc) is 2.09. The molecule has 0 amide bonds. The molecule has 1 rings (SSSR count). The zero-order valence-electron chi connectivity index (χ0n) is 6.58. The molecule has 0 aliphatic carbocycles. The molecule has 1 aliphatic heterocycles. The van der Waals surface area contributed by atoms with Gasteiger partial charge in [-0.2, -0.15) is 0 Å². The predicted molar refractivity (Wildman–Crippen MR) is 46.4 cm³/mol. The second kappa shape index (κ2) is 7.49. The van der Waals surface area contributed by atoms with E-state index in [9.17, 15) is 4.79 Å². The van der Waals surface area contributed by atoms with E-state index in [0.29, 0.717) is 0 Å². The summed E-state index contributed by atoms with van der Waals surface area (Å²) in [5, 5.41) is 7.60. The molecule has 1 heterocycles. The number of hydrogen-bond acceptors (Lipinski definition) is 2. The van der Waals surface area contributed by atoms with Crippen molar-refractivity contribution in [1.82, 2.24) is 0 Å². The van der Waals surface area contributed by atoms with E-state index in [1.807, 2.05) is 0 Å². The molecular formula is C7H14O3Si. The van der Waals surface area contributed by atoms with Crippen molar-refractivity contribution in [2.45, 2.75) is 18.9 Å². The highest BCUT2D eigenvalue weighted by Gasteiger charge is 1.96. The number of carbonyl (C=O) groups is 1. The fourth-order valence-corrected chi connectivity index (χ4v) is 1.86. The monoisotopic (exact) mass is 174 g/mol. The van der Waals surface area contributed by atoms with E-state index >= 15 is 0 Å². The summed E-state index contributed by atoms with van der Waals surface area (Å²) in [6, 6.07) is 1.42.